The lowest BCUT2D eigenvalue weighted by Crippen LogP contribution is -2.02. The highest BCUT2D eigenvalue weighted by Crippen LogP contribution is 2.34. The van der Waals surface area contributed by atoms with Crippen LogP contribution in [0.25, 0.3) is 33.2 Å². The van der Waals surface area contributed by atoms with E-state index in [2.05, 4.69) is 19.7 Å². The number of hydrogen-bond acceptors (Lipinski definition) is 4. The summed E-state index contributed by atoms with van der Waals surface area (Å²) in [4.78, 5) is 12.3. The zero-order chi connectivity index (χ0) is 18.8. The molecule has 1 atom stereocenters. The van der Waals surface area contributed by atoms with Crippen LogP contribution in [-0.4, -0.2) is 23.7 Å². The van der Waals surface area contributed by atoms with Gasteiger partial charge < -0.3 is 0 Å². The number of fused-ring (bicyclic) bond motifs is 1. The molecule has 8 heteroatoms. The molecular weight excluding hydrogens is 367 g/mol. The van der Waals surface area contributed by atoms with Gasteiger partial charge in [-0.1, -0.05) is 0 Å². The lowest BCUT2D eigenvalue weighted by atomic mass is 9.97. The largest absolute Gasteiger partial charge is 0.289 e. The Balaban J connectivity index is 1.91. The van der Waals surface area contributed by atoms with Gasteiger partial charge in [-0.2, -0.15) is 0 Å². The van der Waals surface area contributed by atoms with E-state index < -0.39 is 17.1 Å². The molecule has 6 nitrogen and oxygen atoms in total. The Morgan fingerprint density at radius 1 is 0.926 bits per heavy atom. The van der Waals surface area contributed by atoms with E-state index in [0.717, 1.165) is 5.56 Å². The molecule has 2 N–H and O–H groups in total. The summed E-state index contributed by atoms with van der Waals surface area (Å²) in [5.41, 5.74) is 3.19. The molecule has 1 aromatic carbocycles. The zero-order valence-electron chi connectivity index (χ0n) is 13.8. The van der Waals surface area contributed by atoms with Crippen molar-refractivity contribution in [2.45, 2.75) is 0 Å². The highest BCUT2D eigenvalue weighted by molar-refractivity contribution is 7.80. The van der Waals surface area contributed by atoms with Crippen LogP contribution in [0, 0.1) is 5.82 Å². The Morgan fingerprint density at radius 3 is 2.52 bits per heavy atom. The van der Waals surface area contributed by atoms with Crippen molar-refractivity contribution in [1.82, 2.24) is 15.0 Å². The van der Waals surface area contributed by atoms with E-state index in [4.69, 9.17) is 4.55 Å². The molecular formula is C19H13FN4O2S. The van der Waals surface area contributed by atoms with E-state index in [1.807, 2.05) is 12.1 Å². The fourth-order valence-corrected chi connectivity index (χ4v) is 3.26. The molecule has 0 aliphatic heterocycles. The zero-order valence-corrected chi connectivity index (χ0v) is 14.7. The molecule has 0 radical (unpaired) electrons. The molecule has 0 bridgehead atoms. The van der Waals surface area contributed by atoms with Crippen LogP contribution >= 0.6 is 0 Å². The minimum Gasteiger partial charge on any atom is -0.289 e. The van der Waals surface area contributed by atoms with Crippen molar-refractivity contribution in [3.8, 4) is 22.3 Å². The first-order chi connectivity index (χ1) is 13.1. The van der Waals surface area contributed by atoms with Gasteiger partial charge in [0.25, 0.3) is 11.3 Å². The summed E-state index contributed by atoms with van der Waals surface area (Å²) >= 11 is -2.24. The highest BCUT2D eigenvalue weighted by Gasteiger charge is 2.15. The summed E-state index contributed by atoms with van der Waals surface area (Å²) in [6, 6.07) is 10.3. The number of nitrogens with zero attached hydrogens (tertiary/aromatic N) is 3. The Labute approximate surface area is 156 Å². The molecule has 134 valence electrons. The van der Waals surface area contributed by atoms with Gasteiger partial charge in [-0.25, -0.2) is 8.60 Å². The summed E-state index contributed by atoms with van der Waals surface area (Å²) in [5, 5.41) is 0.394. The molecule has 0 aliphatic rings. The second-order valence-corrected chi connectivity index (χ2v) is 6.43. The second kappa shape index (κ2) is 7.18. The number of halogens is 1. The lowest BCUT2D eigenvalue weighted by Gasteiger charge is -2.11. The Bertz CT molecular complexity index is 1150. The molecule has 4 rings (SSSR count). The average molecular weight is 380 g/mol. The molecule has 0 spiro atoms. The topological polar surface area (TPSA) is 88.0 Å². The van der Waals surface area contributed by atoms with Gasteiger partial charge in [0.15, 0.2) is 0 Å². The number of pyridine rings is 3. The average Bonchev–Trinajstić information content (AvgIpc) is 2.68. The summed E-state index contributed by atoms with van der Waals surface area (Å²) in [6.07, 6.45) is 7.83. The van der Waals surface area contributed by atoms with Crippen molar-refractivity contribution < 1.29 is 13.2 Å². The van der Waals surface area contributed by atoms with Crippen molar-refractivity contribution >= 4 is 27.9 Å². The van der Waals surface area contributed by atoms with Crippen molar-refractivity contribution in [2.24, 2.45) is 0 Å². The first-order valence-corrected chi connectivity index (χ1v) is 9.05. The number of rotatable bonds is 4. The molecule has 0 saturated heterocycles. The van der Waals surface area contributed by atoms with Gasteiger partial charge in [-0.3, -0.25) is 24.2 Å². The van der Waals surface area contributed by atoms with E-state index >= 15 is 4.39 Å². The van der Waals surface area contributed by atoms with E-state index in [9.17, 15) is 4.21 Å². The van der Waals surface area contributed by atoms with Crippen molar-refractivity contribution in [1.29, 1.82) is 0 Å². The smallest absolute Gasteiger partial charge is 0.259 e. The van der Waals surface area contributed by atoms with Crippen LogP contribution in [0.15, 0.2) is 67.4 Å². The molecule has 4 aromatic rings. The number of nitrogens with one attached hydrogen (secondary N) is 1. The third kappa shape index (κ3) is 3.40. The highest BCUT2D eigenvalue weighted by atomic mass is 32.2. The molecule has 27 heavy (non-hydrogen) atoms. The second-order valence-electron chi connectivity index (χ2n) is 5.73. The SMILES string of the molecule is O=S(O)Nc1cncc(-c2ccc3nccc(-c4ccncc4)c3c2F)c1. The summed E-state index contributed by atoms with van der Waals surface area (Å²) in [5.74, 6) is -0.434. The molecule has 0 amide bonds. The van der Waals surface area contributed by atoms with Crippen LogP contribution in [0.3, 0.4) is 0 Å². The Kier molecular flexibility index (Phi) is 4.57. The van der Waals surface area contributed by atoms with Crippen LogP contribution in [-0.2, 0) is 11.3 Å². The molecule has 1 unspecified atom stereocenters. The van der Waals surface area contributed by atoms with Crippen molar-refractivity contribution in [3.63, 3.8) is 0 Å². The molecule has 0 saturated carbocycles. The van der Waals surface area contributed by atoms with Gasteiger partial charge in [0.2, 0.25) is 0 Å². The molecule has 3 aromatic heterocycles. The minimum absolute atomic E-state index is 0.313. The van der Waals surface area contributed by atoms with Crippen LogP contribution in [0.2, 0.25) is 0 Å². The predicted octanol–water partition coefficient (Wildman–Crippen LogP) is 4.05. The predicted molar refractivity (Wildman–Crippen MR) is 103 cm³/mol. The third-order valence-corrected chi connectivity index (χ3v) is 4.50. The number of benzene rings is 1. The summed E-state index contributed by atoms with van der Waals surface area (Å²) in [6.45, 7) is 0. The van der Waals surface area contributed by atoms with Crippen molar-refractivity contribution in [3.05, 3.63) is 73.2 Å². The quantitative estimate of drug-likeness (QED) is 0.522. The molecule has 0 fully saturated rings. The van der Waals surface area contributed by atoms with E-state index in [1.54, 1.807) is 42.9 Å². The fraction of sp³-hybridized carbons (Fsp3) is 0. The van der Waals surface area contributed by atoms with Gasteiger partial charge in [0.05, 0.1) is 17.4 Å². The standard InChI is InChI=1S/C19H13FN4O2S/c20-19-16(13-9-14(11-22-10-13)24-27(25)26)1-2-17-18(19)15(5-8-23-17)12-3-6-21-7-4-12/h1-11,24H,(H,25,26). The molecule has 0 aliphatic carbocycles. The maximum Gasteiger partial charge on any atom is 0.259 e. The lowest BCUT2D eigenvalue weighted by molar-refractivity contribution is 0.570. The monoisotopic (exact) mass is 380 g/mol. The fourth-order valence-electron chi connectivity index (χ4n) is 2.94. The maximum atomic E-state index is 15.5. The first kappa shape index (κ1) is 17.2. The van der Waals surface area contributed by atoms with E-state index in [1.165, 1.54) is 12.4 Å². The van der Waals surface area contributed by atoms with Crippen LogP contribution in [0.1, 0.15) is 0 Å². The number of anilines is 1. The van der Waals surface area contributed by atoms with E-state index in [-0.39, 0.29) is 0 Å². The van der Waals surface area contributed by atoms with Crippen LogP contribution in [0.4, 0.5) is 10.1 Å². The van der Waals surface area contributed by atoms with Crippen molar-refractivity contribution in [2.75, 3.05) is 4.72 Å². The number of aromatic nitrogens is 3. The number of hydrogen-bond donors (Lipinski definition) is 2. The first-order valence-electron chi connectivity index (χ1n) is 7.94. The summed E-state index contributed by atoms with van der Waals surface area (Å²) < 4.78 is 37.7. The van der Waals surface area contributed by atoms with Gasteiger partial charge in [0, 0.05) is 41.3 Å². The summed E-state index contributed by atoms with van der Waals surface area (Å²) in [7, 11) is 0. The van der Waals surface area contributed by atoms with E-state index in [0.29, 0.717) is 33.3 Å². The molecule has 3 heterocycles. The minimum atomic E-state index is -2.24. The van der Waals surface area contributed by atoms with Gasteiger partial charge >= 0.3 is 0 Å². The van der Waals surface area contributed by atoms with Gasteiger partial charge in [-0.15, -0.1) is 0 Å². The Hall–Kier alpha value is -3.23. The Morgan fingerprint density at radius 2 is 1.74 bits per heavy atom. The van der Waals surface area contributed by atoms with Crippen LogP contribution in [0.5, 0.6) is 0 Å². The normalized spacial score (nSPS) is 12.1. The van der Waals surface area contributed by atoms with Gasteiger partial charge in [0.1, 0.15) is 5.82 Å². The van der Waals surface area contributed by atoms with Gasteiger partial charge in [-0.05, 0) is 47.5 Å². The van der Waals surface area contributed by atoms with Crippen LogP contribution < -0.4 is 4.72 Å². The third-order valence-electron chi connectivity index (χ3n) is 4.09. The maximum absolute atomic E-state index is 15.5.